The Morgan fingerprint density at radius 3 is 2.43 bits per heavy atom. The van der Waals surface area contributed by atoms with E-state index < -0.39 is 0 Å². The molecule has 1 saturated heterocycles. The largest absolute Gasteiger partial charge is 0.497 e. The minimum atomic E-state index is -0.139. The lowest BCUT2D eigenvalue weighted by atomic mass is 10.1. The minimum Gasteiger partial charge on any atom is -0.497 e. The maximum absolute atomic E-state index is 13.5. The summed E-state index contributed by atoms with van der Waals surface area (Å²) in [6.45, 7) is 3.74. The topological polar surface area (TPSA) is 71.1 Å². The standard InChI is InChI=1S/C28H31N3O4/c1-20-8-13-26(25(16-20)29-27(32)18-21-9-11-23(34-2)12-10-21)31-15-5-14-30(28(31)33)19-22-6-4-7-24(17-22)35-3/h4,6-13,16-17H,5,14-15,18-19H2,1-3H3,(H,29,32). The number of amides is 3. The van der Waals surface area contributed by atoms with Crippen molar-refractivity contribution in [3.8, 4) is 11.5 Å². The van der Waals surface area contributed by atoms with E-state index in [4.69, 9.17) is 9.47 Å². The summed E-state index contributed by atoms with van der Waals surface area (Å²) in [6.07, 6.45) is 1.07. The van der Waals surface area contributed by atoms with Gasteiger partial charge in [-0.25, -0.2) is 4.79 Å². The zero-order chi connectivity index (χ0) is 24.8. The first kappa shape index (κ1) is 24.1. The lowest BCUT2D eigenvalue weighted by Gasteiger charge is -2.36. The smallest absolute Gasteiger partial charge is 0.324 e. The molecule has 3 aromatic carbocycles. The molecule has 1 heterocycles. The predicted molar refractivity (Wildman–Crippen MR) is 137 cm³/mol. The van der Waals surface area contributed by atoms with Crippen LogP contribution < -0.4 is 19.7 Å². The summed E-state index contributed by atoms with van der Waals surface area (Å²) in [4.78, 5) is 29.9. The second-order valence-electron chi connectivity index (χ2n) is 8.65. The molecule has 0 bridgehead atoms. The molecule has 1 fully saturated rings. The summed E-state index contributed by atoms with van der Waals surface area (Å²) in [5.74, 6) is 1.38. The quantitative estimate of drug-likeness (QED) is 0.498. The van der Waals surface area contributed by atoms with Crippen molar-refractivity contribution in [1.29, 1.82) is 0 Å². The van der Waals surface area contributed by atoms with Gasteiger partial charge in [-0.3, -0.25) is 9.69 Å². The third-order valence-corrected chi connectivity index (χ3v) is 6.06. The van der Waals surface area contributed by atoms with Crippen molar-refractivity contribution >= 4 is 23.3 Å². The highest BCUT2D eigenvalue weighted by molar-refractivity contribution is 6.01. The van der Waals surface area contributed by atoms with Gasteiger partial charge in [-0.2, -0.15) is 0 Å². The number of hydrogen-bond acceptors (Lipinski definition) is 4. The van der Waals surface area contributed by atoms with E-state index in [1.807, 2.05) is 78.6 Å². The van der Waals surface area contributed by atoms with Crippen molar-refractivity contribution in [3.63, 3.8) is 0 Å². The number of nitrogens with one attached hydrogen (secondary N) is 1. The number of benzene rings is 3. The van der Waals surface area contributed by atoms with Crippen LogP contribution in [0.3, 0.4) is 0 Å². The number of methoxy groups -OCH3 is 2. The van der Waals surface area contributed by atoms with Crippen molar-refractivity contribution < 1.29 is 19.1 Å². The van der Waals surface area contributed by atoms with E-state index in [9.17, 15) is 9.59 Å². The average molecular weight is 474 g/mol. The van der Waals surface area contributed by atoms with Gasteiger partial charge >= 0.3 is 6.03 Å². The Labute approximate surface area is 206 Å². The molecule has 0 radical (unpaired) electrons. The number of carbonyl (C=O) groups excluding carboxylic acids is 2. The van der Waals surface area contributed by atoms with Crippen LogP contribution in [-0.4, -0.2) is 44.1 Å². The first-order valence-corrected chi connectivity index (χ1v) is 11.7. The van der Waals surface area contributed by atoms with Crippen molar-refractivity contribution in [1.82, 2.24) is 4.90 Å². The van der Waals surface area contributed by atoms with Gasteiger partial charge in [0.15, 0.2) is 0 Å². The van der Waals surface area contributed by atoms with Crippen LogP contribution in [0.25, 0.3) is 0 Å². The molecule has 35 heavy (non-hydrogen) atoms. The van der Waals surface area contributed by atoms with Crippen LogP contribution in [0.5, 0.6) is 11.5 Å². The van der Waals surface area contributed by atoms with Gasteiger partial charge in [0.05, 0.1) is 32.0 Å². The highest BCUT2D eigenvalue weighted by atomic mass is 16.5. The summed E-state index contributed by atoms with van der Waals surface area (Å²) >= 11 is 0. The van der Waals surface area contributed by atoms with Crippen LogP contribution in [0.4, 0.5) is 16.2 Å². The molecule has 182 valence electrons. The molecule has 0 aromatic heterocycles. The van der Waals surface area contributed by atoms with Crippen LogP contribution in [0.2, 0.25) is 0 Å². The zero-order valence-corrected chi connectivity index (χ0v) is 20.4. The molecule has 0 saturated carbocycles. The lowest BCUT2D eigenvalue weighted by Crippen LogP contribution is -2.49. The monoisotopic (exact) mass is 473 g/mol. The van der Waals surface area contributed by atoms with Crippen molar-refractivity contribution in [2.45, 2.75) is 26.3 Å². The molecular weight excluding hydrogens is 442 g/mol. The van der Waals surface area contributed by atoms with Gasteiger partial charge in [0.2, 0.25) is 5.91 Å². The van der Waals surface area contributed by atoms with Crippen LogP contribution in [0, 0.1) is 6.92 Å². The Kier molecular flexibility index (Phi) is 7.55. The van der Waals surface area contributed by atoms with Crippen LogP contribution in [0.15, 0.2) is 66.7 Å². The molecule has 0 aliphatic carbocycles. The van der Waals surface area contributed by atoms with E-state index in [1.165, 1.54) is 0 Å². The van der Waals surface area contributed by atoms with Crippen LogP contribution in [-0.2, 0) is 17.8 Å². The van der Waals surface area contributed by atoms with E-state index in [0.29, 0.717) is 31.0 Å². The molecule has 7 nitrogen and oxygen atoms in total. The number of carbonyl (C=O) groups is 2. The number of hydrogen-bond donors (Lipinski definition) is 1. The SMILES string of the molecule is COc1ccc(CC(=O)Nc2cc(C)ccc2N2CCCN(Cc3cccc(OC)c3)C2=O)cc1. The fourth-order valence-electron chi connectivity index (χ4n) is 4.25. The van der Waals surface area contributed by atoms with Gasteiger partial charge in [-0.1, -0.05) is 30.3 Å². The van der Waals surface area contributed by atoms with Crippen molar-refractivity contribution in [2.75, 3.05) is 37.5 Å². The molecule has 0 unspecified atom stereocenters. The van der Waals surface area contributed by atoms with Crippen molar-refractivity contribution in [2.24, 2.45) is 0 Å². The van der Waals surface area contributed by atoms with Gasteiger partial charge in [0.1, 0.15) is 11.5 Å². The molecule has 0 atom stereocenters. The molecule has 3 amide bonds. The number of aryl methyl sites for hydroxylation is 1. The summed E-state index contributed by atoms with van der Waals surface area (Å²) in [5.41, 5.74) is 4.25. The Balaban J connectivity index is 1.50. The van der Waals surface area contributed by atoms with Gasteiger partial charge in [0.25, 0.3) is 0 Å². The summed E-state index contributed by atoms with van der Waals surface area (Å²) in [5, 5.41) is 3.03. The molecule has 3 aromatic rings. The fraction of sp³-hybridized carbons (Fsp3) is 0.286. The normalized spacial score (nSPS) is 13.5. The van der Waals surface area contributed by atoms with Gasteiger partial charge in [-0.05, 0) is 66.4 Å². The molecule has 7 heteroatoms. The molecular formula is C28H31N3O4. The second-order valence-corrected chi connectivity index (χ2v) is 8.65. The van der Waals surface area contributed by atoms with Crippen molar-refractivity contribution in [3.05, 3.63) is 83.4 Å². The Bertz CT molecular complexity index is 1190. The molecule has 4 rings (SSSR count). The number of urea groups is 1. The molecule has 1 aliphatic heterocycles. The summed E-state index contributed by atoms with van der Waals surface area (Å²) in [6, 6.07) is 20.9. The van der Waals surface area contributed by atoms with E-state index in [2.05, 4.69) is 5.32 Å². The first-order chi connectivity index (χ1) is 17.0. The van der Waals surface area contributed by atoms with E-state index >= 15 is 0 Å². The van der Waals surface area contributed by atoms with Gasteiger partial charge in [0, 0.05) is 19.6 Å². The highest BCUT2D eigenvalue weighted by Gasteiger charge is 2.28. The first-order valence-electron chi connectivity index (χ1n) is 11.7. The molecule has 1 N–H and O–H groups in total. The maximum atomic E-state index is 13.5. The number of anilines is 2. The van der Waals surface area contributed by atoms with E-state index in [1.54, 1.807) is 19.1 Å². The van der Waals surface area contributed by atoms with Crippen LogP contribution >= 0.6 is 0 Å². The Morgan fingerprint density at radius 2 is 1.69 bits per heavy atom. The van der Waals surface area contributed by atoms with Gasteiger partial charge in [-0.15, -0.1) is 0 Å². The highest BCUT2D eigenvalue weighted by Crippen LogP contribution is 2.31. The second kappa shape index (κ2) is 11.0. The van der Waals surface area contributed by atoms with E-state index in [-0.39, 0.29) is 18.4 Å². The third-order valence-electron chi connectivity index (χ3n) is 6.06. The fourth-order valence-corrected chi connectivity index (χ4v) is 4.25. The number of ether oxygens (including phenoxy) is 2. The summed E-state index contributed by atoms with van der Waals surface area (Å²) < 4.78 is 10.5. The lowest BCUT2D eigenvalue weighted by molar-refractivity contribution is -0.115. The maximum Gasteiger partial charge on any atom is 0.324 e. The molecule has 1 aliphatic rings. The zero-order valence-electron chi connectivity index (χ0n) is 20.4. The number of nitrogens with zero attached hydrogens (tertiary/aromatic N) is 2. The van der Waals surface area contributed by atoms with E-state index in [0.717, 1.165) is 34.6 Å². The number of rotatable bonds is 8. The Morgan fingerprint density at radius 1 is 0.914 bits per heavy atom. The minimum absolute atomic E-state index is 0.0754. The Hall–Kier alpha value is -4.00. The average Bonchev–Trinajstić information content (AvgIpc) is 2.86. The van der Waals surface area contributed by atoms with Gasteiger partial charge < -0.3 is 19.7 Å². The van der Waals surface area contributed by atoms with Crippen LogP contribution in [0.1, 0.15) is 23.1 Å². The summed E-state index contributed by atoms with van der Waals surface area (Å²) in [7, 11) is 3.25. The molecule has 0 spiro atoms. The predicted octanol–water partition coefficient (Wildman–Crippen LogP) is 5.03. The third kappa shape index (κ3) is 5.93.